The second kappa shape index (κ2) is 6.99. The molecule has 1 aliphatic carbocycles. The normalized spacial score (nSPS) is 17.0. The summed E-state index contributed by atoms with van der Waals surface area (Å²) < 4.78 is 8.00. The molecule has 2 aliphatic rings. The van der Waals surface area contributed by atoms with Crippen LogP contribution in [0, 0.1) is 0 Å². The molecule has 1 amide bonds. The summed E-state index contributed by atoms with van der Waals surface area (Å²) in [7, 11) is 0. The van der Waals surface area contributed by atoms with Crippen LogP contribution in [0.15, 0.2) is 30.7 Å². The number of anilines is 2. The lowest BCUT2D eigenvalue weighted by Crippen LogP contribution is -2.36. The highest BCUT2D eigenvalue weighted by Gasteiger charge is 2.30. The SMILES string of the molecule is O=C(Nc1cc2sc(N3CCOCC3)nc2nc1C1CC1)c1cnn2cccnc12. The molecule has 0 bridgehead atoms. The van der Waals surface area contributed by atoms with Gasteiger partial charge in [0.05, 0.1) is 35.5 Å². The van der Waals surface area contributed by atoms with Crippen molar-refractivity contribution in [3.8, 4) is 0 Å². The third-order valence-electron chi connectivity index (χ3n) is 5.42. The van der Waals surface area contributed by atoms with Gasteiger partial charge in [0.1, 0.15) is 5.56 Å². The molecule has 1 N–H and O–H groups in total. The van der Waals surface area contributed by atoms with E-state index >= 15 is 0 Å². The zero-order valence-corrected chi connectivity index (χ0v) is 16.9. The van der Waals surface area contributed by atoms with Gasteiger partial charge in [-0.2, -0.15) is 10.1 Å². The average molecular weight is 421 g/mol. The average Bonchev–Trinajstić information content (AvgIpc) is 3.39. The third kappa shape index (κ3) is 3.08. The Morgan fingerprint density at radius 1 is 1.23 bits per heavy atom. The van der Waals surface area contributed by atoms with E-state index in [1.165, 1.54) is 0 Å². The van der Waals surface area contributed by atoms with Crippen LogP contribution in [0.2, 0.25) is 0 Å². The van der Waals surface area contributed by atoms with Crippen LogP contribution in [0.5, 0.6) is 0 Å². The monoisotopic (exact) mass is 421 g/mol. The number of nitrogens with one attached hydrogen (secondary N) is 1. The number of fused-ring (bicyclic) bond motifs is 2. The number of aromatic nitrogens is 5. The predicted octanol–water partition coefficient (Wildman–Crippen LogP) is 2.70. The molecule has 0 atom stereocenters. The van der Waals surface area contributed by atoms with Crippen molar-refractivity contribution in [1.29, 1.82) is 0 Å². The third-order valence-corrected chi connectivity index (χ3v) is 6.47. The van der Waals surface area contributed by atoms with Gasteiger partial charge in [-0.15, -0.1) is 0 Å². The maximum atomic E-state index is 13.0. The Hall–Kier alpha value is -3.11. The summed E-state index contributed by atoms with van der Waals surface area (Å²) in [5.74, 6) is 0.143. The second-order valence-electron chi connectivity index (χ2n) is 7.51. The minimum absolute atomic E-state index is 0.232. The molecule has 0 radical (unpaired) electrons. The van der Waals surface area contributed by atoms with E-state index in [1.807, 2.05) is 6.07 Å². The van der Waals surface area contributed by atoms with Crippen LogP contribution in [-0.2, 0) is 4.74 Å². The van der Waals surface area contributed by atoms with Crippen molar-refractivity contribution in [1.82, 2.24) is 24.6 Å². The smallest absolute Gasteiger partial charge is 0.261 e. The van der Waals surface area contributed by atoms with E-state index in [2.05, 4.69) is 20.3 Å². The van der Waals surface area contributed by atoms with Crippen molar-refractivity contribution in [3.63, 3.8) is 0 Å². The molecule has 5 heterocycles. The topological polar surface area (TPSA) is 97.5 Å². The molecule has 9 nitrogen and oxygen atoms in total. The van der Waals surface area contributed by atoms with E-state index in [4.69, 9.17) is 14.7 Å². The van der Waals surface area contributed by atoms with Crippen LogP contribution in [0.25, 0.3) is 16.0 Å². The number of carbonyl (C=O) groups is 1. The number of morpholine rings is 1. The fourth-order valence-corrected chi connectivity index (χ4v) is 4.70. The molecule has 10 heteroatoms. The number of amides is 1. The van der Waals surface area contributed by atoms with Gasteiger partial charge in [0.25, 0.3) is 5.91 Å². The van der Waals surface area contributed by atoms with Crippen LogP contribution in [-0.4, -0.2) is 56.8 Å². The fourth-order valence-electron chi connectivity index (χ4n) is 3.70. The van der Waals surface area contributed by atoms with Crippen LogP contribution < -0.4 is 10.2 Å². The highest BCUT2D eigenvalue weighted by Crippen LogP contribution is 2.44. The van der Waals surface area contributed by atoms with Gasteiger partial charge in [0, 0.05) is 31.4 Å². The van der Waals surface area contributed by atoms with Crippen LogP contribution in [0.1, 0.15) is 34.8 Å². The predicted molar refractivity (Wildman–Crippen MR) is 113 cm³/mol. The van der Waals surface area contributed by atoms with Gasteiger partial charge in [0.2, 0.25) is 0 Å². The van der Waals surface area contributed by atoms with Gasteiger partial charge in [-0.05, 0) is 25.0 Å². The first-order valence-electron chi connectivity index (χ1n) is 10.00. The molecule has 6 rings (SSSR count). The first kappa shape index (κ1) is 17.7. The highest BCUT2D eigenvalue weighted by molar-refractivity contribution is 7.22. The molecule has 0 spiro atoms. The summed E-state index contributed by atoms with van der Waals surface area (Å²) in [6.45, 7) is 3.10. The summed E-state index contributed by atoms with van der Waals surface area (Å²) in [6.07, 6.45) is 7.14. The van der Waals surface area contributed by atoms with Gasteiger partial charge in [-0.25, -0.2) is 14.5 Å². The first-order chi connectivity index (χ1) is 14.8. The van der Waals surface area contributed by atoms with Crippen molar-refractivity contribution in [2.45, 2.75) is 18.8 Å². The minimum atomic E-state index is -0.232. The molecular formula is C20H19N7O2S. The number of hydrogen-bond donors (Lipinski definition) is 1. The number of rotatable bonds is 4. The van der Waals surface area contributed by atoms with Gasteiger partial charge in [0.15, 0.2) is 16.4 Å². The molecule has 0 aromatic carbocycles. The number of pyridine rings is 1. The number of hydrogen-bond acceptors (Lipinski definition) is 8. The van der Waals surface area contributed by atoms with E-state index in [0.29, 0.717) is 30.3 Å². The Balaban J connectivity index is 1.36. The number of ether oxygens (including phenoxy) is 1. The van der Waals surface area contributed by atoms with Crippen LogP contribution >= 0.6 is 11.3 Å². The summed E-state index contributed by atoms with van der Waals surface area (Å²) in [5, 5.41) is 8.22. The van der Waals surface area contributed by atoms with Crippen LogP contribution in [0.4, 0.5) is 10.8 Å². The van der Waals surface area contributed by atoms with Crippen molar-refractivity contribution in [3.05, 3.63) is 42.0 Å². The fraction of sp³-hybridized carbons (Fsp3) is 0.350. The molecule has 4 aromatic rings. The second-order valence-corrected chi connectivity index (χ2v) is 8.52. The van der Waals surface area contributed by atoms with Gasteiger partial charge >= 0.3 is 0 Å². The van der Waals surface area contributed by atoms with Crippen molar-refractivity contribution < 1.29 is 9.53 Å². The van der Waals surface area contributed by atoms with E-state index in [9.17, 15) is 4.79 Å². The molecule has 4 aromatic heterocycles. The Morgan fingerprint density at radius 2 is 2.10 bits per heavy atom. The lowest BCUT2D eigenvalue weighted by molar-refractivity contribution is 0.102. The lowest BCUT2D eigenvalue weighted by atomic mass is 10.2. The number of thiazole rings is 1. The molecule has 152 valence electrons. The van der Waals surface area contributed by atoms with Gasteiger partial charge in [-0.3, -0.25) is 4.79 Å². The zero-order chi connectivity index (χ0) is 20.1. The zero-order valence-electron chi connectivity index (χ0n) is 16.1. The lowest BCUT2D eigenvalue weighted by Gasteiger charge is -2.25. The first-order valence-corrected chi connectivity index (χ1v) is 10.8. The Morgan fingerprint density at radius 3 is 2.93 bits per heavy atom. The van der Waals surface area contributed by atoms with Gasteiger partial charge < -0.3 is 15.0 Å². The maximum Gasteiger partial charge on any atom is 0.261 e. The Kier molecular flexibility index (Phi) is 4.13. The van der Waals surface area contributed by atoms with Gasteiger partial charge in [-0.1, -0.05) is 11.3 Å². The Labute approximate surface area is 175 Å². The van der Waals surface area contributed by atoms with Crippen molar-refractivity contribution in [2.75, 3.05) is 36.5 Å². The molecule has 1 saturated heterocycles. The molecule has 30 heavy (non-hydrogen) atoms. The molecule has 1 aliphatic heterocycles. The largest absolute Gasteiger partial charge is 0.378 e. The molecule has 2 fully saturated rings. The van der Waals surface area contributed by atoms with Crippen molar-refractivity contribution in [2.24, 2.45) is 0 Å². The number of nitrogens with zero attached hydrogens (tertiary/aromatic N) is 6. The summed E-state index contributed by atoms with van der Waals surface area (Å²) in [5.41, 5.74) is 3.39. The minimum Gasteiger partial charge on any atom is -0.378 e. The van der Waals surface area contributed by atoms with E-state index in [0.717, 1.165) is 52.8 Å². The van der Waals surface area contributed by atoms with E-state index < -0.39 is 0 Å². The summed E-state index contributed by atoms with van der Waals surface area (Å²) in [6, 6.07) is 3.79. The summed E-state index contributed by atoms with van der Waals surface area (Å²) >= 11 is 1.60. The summed E-state index contributed by atoms with van der Waals surface area (Å²) in [4.78, 5) is 29.1. The standard InChI is InChI=1S/C20H19N7O2S/c28-19(13-11-22-27-5-1-4-21-18(13)27)23-14-10-15-17(24-16(14)12-2-3-12)25-20(30-15)26-6-8-29-9-7-26/h1,4-5,10-12H,2-3,6-9H2,(H,23,28). The molecular weight excluding hydrogens is 402 g/mol. The van der Waals surface area contributed by atoms with Crippen molar-refractivity contribution >= 4 is 44.1 Å². The maximum absolute atomic E-state index is 13.0. The Bertz CT molecular complexity index is 1260. The van der Waals surface area contributed by atoms with Crippen LogP contribution in [0.3, 0.4) is 0 Å². The van der Waals surface area contributed by atoms with E-state index in [-0.39, 0.29) is 5.91 Å². The highest BCUT2D eigenvalue weighted by atomic mass is 32.1. The molecule has 1 saturated carbocycles. The molecule has 0 unspecified atom stereocenters. The van der Waals surface area contributed by atoms with E-state index in [1.54, 1.807) is 40.5 Å². The quantitative estimate of drug-likeness (QED) is 0.541. The number of carbonyl (C=O) groups excluding carboxylic acids is 1.